The second kappa shape index (κ2) is 2.15. The first-order valence-corrected chi connectivity index (χ1v) is 3.86. The number of halogens is 1. The molecule has 1 aromatic rings. The molecule has 1 aliphatic rings. The van der Waals surface area contributed by atoms with Crippen molar-refractivity contribution in [3.05, 3.63) is 17.7 Å². The monoisotopic (exact) mass is 168 g/mol. The molecule has 2 rings (SSSR count). The highest BCUT2D eigenvalue weighted by atomic mass is 19.1. The summed E-state index contributed by atoms with van der Waals surface area (Å²) in [6, 6.07) is 0. The molecule has 0 aliphatic heterocycles. The van der Waals surface area contributed by atoms with Crippen LogP contribution in [0.5, 0.6) is 0 Å². The van der Waals surface area contributed by atoms with Crippen LogP contribution in [0.25, 0.3) is 0 Å². The third-order valence-electron chi connectivity index (χ3n) is 2.35. The normalized spacial score (nSPS) is 19.2. The predicted molar refractivity (Wildman–Crippen MR) is 40.5 cm³/mol. The van der Waals surface area contributed by atoms with Crippen molar-refractivity contribution >= 4 is 6.29 Å². The molecule has 1 aromatic heterocycles. The fourth-order valence-corrected chi connectivity index (χ4v) is 1.19. The molecule has 0 spiro atoms. The summed E-state index contributed by atoms with van der Waals surface area (Å²) in [5.74, 6) is -0.509. The number of aldehydes is 1. The highest BCUT2D eigenvalue weighted by Crippen LogP contribution is 2.42. The number of carbonyl (C=O) groups is 1. The van der Waals surface area contributed by atoms with Crippen LogP contribution in [-0.2, 0) is 5.54 Å². The van der Waals surface area contributed by atoms with E-state index in [1.807, 2.05) is 6.92 Å². The lowest BCUT2D eigenvalue weighted by Gasteiger charge is -2.08. The zero-order valence-electron chi connectivity index (χ0n) is 6.75. The summed E-state index contributed by atoms with van der Waals surface area (Å²) in [6.07, 6.45) is 3.63. The van der Waals surface area contributed by atoms with Crippen molar-refractivity contribution in [1.29, 1.82) is 0 Å². The van der Waals surface area contributed by atoms with Crippen LogP contribution in [0.2, 0.25) is 0 Å². The predicted octanol–water partition coefficient (Wildman–Crippen LogP) is 1.34. The summed E-state index contributed by atoms with van der Waals surface area (Å²) >= 11 is 0. The number of carbonyl (C=O) groups excluding carboxylic acids is 1. The van der Waals surface area contributed by atoms with E-state index in [4.69, 9.17) is 0 Å². The average molecular weight is 168 g/mol. The van der Waals surface area contributed by atoms with Crippen molar-refractivity contribution in [2.24, 2.45) is 0 Å². The molecule has 0 amide bonds. The van der Waals surface area contributed by atoms with Gasteiger partial charge >= 0.3 is 0 Å². The van der Waals surface area contributed by atoms with E-state index in [2.05, 4.69) is 5.10 Å². The summed E-state index contributed by atoms with van der Waals surface area (Å²) < 4.78 is 14.5. The smallest absolute Gasteiger partial charge is 0.222 e. The largest absolute Gasteiger partial charge is 0.298 e. The summed E-state index contributed by atoms with van der Waals surface area (Å²) in [4.78, 5) is 10.3. The maximum atomic E-state index is 13.2. The summed E-state index contributed by atoms with van der Waals surface area (Å²) in [5.41, 5.74) is -0.131. The van der Waals surface area contributed by atoms with Gasteiger partial charge in [-0.25, -0.2) is 4.68 Å². The Morgan fingerprint density at radius 1 is 1.75 bits per heavy atom. The first-order valence-electron chi connectivity index (χ1n) is 3.86. The summed E-state index contributed by atoms with van der Waals surface area (Å²) in [6.45, 7) is 1.93. The van der Waals surface area contributed by atoms with E-state index in [9.17, 15) is 9.18 Å². The van der Waals surface area contributed by atoms with Crippen molar-refractivity contribution in [1.82, 2.24) is 9.78 Å². The first kappa shape index (κ1) is 7.46. The molecule has 0 saturated heterocycles. The van der Waals surface area contributed by atoms with E-state index < -0.39 is 5.95 Å². The molecule has 0 unspecified atom stereocenters. The minimum atomic E-state index is -0.509. The van der Waals surface area contributed by atoms with Crippen molar-refractivity contribution < 1.29 is 9.18 Å². The molecule has 1 saturated carbocycles. The SMILES string of the molecule is CC1(n2ncc(C=O)c2F)CC1. The number of rotatable bonds is 2. The van der Waals surface area contributed by atoms with Gasteiger partial charge in [-0.05, 0) is 19.8 Å². The van der Waals surface area contributed by atoms with E-state index in [1.54, 1.807) is 0 Å². The van der Waals surface area contributed by atoms with Crippen LogP contribution < -0.4 is 0 Å². The third-order valence-corrected chi connectivity index (χ3v) is 2.35. The highest BCUT2D eigenvalue weighted by Gasteiger charge is 2.42. The standard InChI is InChI=1S/C8H9FN2O/c1-8(2-3-8)11-7(9)6(5-12)4-10-11/h4-5H,2-3H2,1H3. The van der Waals surface area contributed by atoms with Crippen LogP contribution in [0.1, 0.15) is 30.1 Å². The Balaban J connectivity index is 2.45. The molecular formula is C8H9FN2O. The van der Waals surface area contributed by atoms with Crippen LogP contribution in [0.3, 0.4) is 0 Å². The Hall–Kier alpha value is -1.19. The molecule has 4 heteroatoms. The quantitative estimate of drug-likeness (QED) is 0.624. The minimum Gasteiger partial charge on any atom is -0.298 e. The molecule has 0 atom stereocenters. The Morgan fingerprint density at radius 3 is 2.83 bits per heavy atom. The van der Waals surface area contributed by atoms with Gasteiger partial charge in [0, 0.05) is 0 Å². The molecule has 0 radical (unpaired) electrons. The molecule has 0 aromatic carbocycles. The van der Waals surface area contributed by atoms with Gasteiger partial charge in [-0.15, -0.1) is 0 Å². The Bertz CT molecular complexity index is 328. The molecule has 64 valence electrons. The first-order chi connectivity index (χ1) is 5.67. The Labute approximate surface area is 69.2 Å². The molecule has 0 bridgehead atoms. The zero-order valence-corrected chi connectivity index (χ0v) is 6.75. The van der Waals surface area contributed by atoms with E-state index in [0.29, 0.717) is 6.29 Å². The van der Waals surface area contributed by atoms with Gasteiger partial charge in [0.05, 0.1) is 17.3 Å². The van der Waals surface area contributed by atoms with Crippen LogP contribution in [0.4, 0.5) is 4.39 Å². The number of hydrogen-bond donors (Lipinski definition) is 0. The van der Waals surface area contributed by atoms with Crippen molar-refractivity contribution in [3.63, 3.8) is 0 Å². The van der Waals surface area contributed by atoms with Gasteiger partial charge in [-0.2, -0.15) is 9.49 Å². The lowest BCUT2D eigenvalue weighted by molar-refractivity contribution is 0.111. The second-order valence-corrected chi connectivity index (χ2v) is 3.42. The number of nitrogens with zero attached hydrogens (tertiary/aromatic N) is 2. The lowest BCUT2D eigenvalue weighted by Crippen LogP contribution is -2.16. The molecule has 1 fully saturated rings. The van der Waals surface area contributed by atoms with Gasteiger partial charge < -0.3 is 0 Å². The third kappa shape index (κ3) is 0.873. The van der Waals surface area contributed by atoms with Gasteiger partial charge in [0.25, 0.3) is 0 Å². The molecular weight excluding hydrogens is 159 g/mol. The summed E-state index contributed by atoms with van der Waals surface area (Å²) in [5, 5.41) is 3.83. The van der Waals surface area contributed by atoms with E-state index in [0.717, 1.165) is 12.8 Å². The van der Waals surface area contributed by atoms with Crippen molar-refractivity contribution in [2.45, 2.75) is 25.3 Å². The van der Waals surface area contributed by atoms with Crippen molar-refractivity contribution in [2.75, 3.05) is 0 Å². The number of aromatic nitrogens is 2. The molecule has 3 nitrogen and oxygen atoms in total. The fourth-order valence-electron chi connectivity index (χ4n) is 1.19. The van der Waals surface area contributed by atoms with E-state index in [-0.39, 0.29) is 11.1 Å². The van der Waals surface area contributed by atoms with Crippen molar-refractivity contribution in [3.8, 4) is 0 Å². The fraction of sp³-hybridized carbons (Fsp3) is 0.500. The van der Waals surface area contributed by atoms with Gasteiger partial charge in [-0.3, -0.25) is 4.79 Å². The minimum absolute atomic E-state index is 0.0446. The molecule has 0 N–H and O–H groups in total. The maximum Gasteiger partial charge on any atom is 0.222 e. The zero-order chi connectivity index (χ0) is 8.77. The average Bonchev–Trinajstić information content (AvgIpc) is 2.65. The van der Waals surface area contributed by atoms with Gasteiger partial charge in [-0.1, -0.05) is 0 Å². The Morgan fingerprint density at radius 2 is 2.42 bits per heavy atom. The van der Waals surface area contributed by atoms with Crippen LogP contribution in [0, 0.1) is 5.95 Å². The molecule has 1 aliphatic carbocycles. The second-order valence-electron chi connectivity index (χ2n) is 3.42. The van der Waals surface area contributed by atoms with Gasteiger partial charge in [0.1, 0.15) is 0 Å². The number of hydrogen-bond acceptors (Lipinski definition) is 2. The van der Waals surface area contributed by atoms with Gasteiger partial charge in [0.2, 0.25) is 5.95 Å². The van der Waals surface area contributed by atoms with E-state index >= 15 is 0 Å². The summed E-state index contributed by atoms with van der Waals surface area (Å²) in [7, 11) is 0. The van der Waals surface area contributed by atoms with Gasteiger partial charge in [0.15, 0.2) is 6.29 Å². The van der Waals surface area contributed by atoms with Crippen LogP contribution >= 0.6 is 0 Å². The Kier molecular flexibility index (Phi) is 1.34. The lowest BCUT2D eigenvalue weighted by atomic mass is 10.3. The van der Waals surface area contributed by atoms with Crippen LogP contribution in [-0.4, -0.2) is 16.1 Å². The molecule has 1 heterocycles. The topological polar surface area (TPSA) is 34.9 Å². The molecule has 12 heavy (non-hydrogen) atoms. The van der Waals surface area contributed by atoms with E-state index in [1.165, 1.54) is 10.9 Å². The van der Waals surface area contributed by atoms with Crippen LogP contribution in [0.15, 0.2) is 6.20 Å². The maximum absolute atomic E-state index is 13.2. The highest BCUT2D eigenvalue weighted by molar-refractivity contribution is 5.74.